The Morgan fingerprint density at radius 2 is 1.55 bits per heavy atom. The van der Waals surface area contributed by atoms with E-state index in [4.69, 9.17) is 9.85 Å². The van der Waals surface area contributed by atoms with Crippen LogP contribution >= 0.6 is 0 Å². The fraction of sp³-hybridized carbons (Fsp3) is 0.394. The Morgan fingerprint density at radius 3 is 2.07 bits per heavy atom. The van der Waals surface area contributed by atoms with E-state index in [-0.39, 0.29) is 30.5 Å². The van der Waals surface area contributed by atoms with E-state index in [1.54, 1.807) is 24.3 Å². The summed E-state index contributed by atoms with van der Waals surface area (Å²) in [4.78, 5) is 26.4. The van der Waals surface area contributed by atoms with Crippen LogP contribution in [0.3, 0.4) is 0 Å². The first-order valence-electron chi connectivity index (χ1n) is 16.1. The lowest BCUT2D eigenvalue weighted by atomic mass is 9.84. The number of rotatable bonds is 16. The number of alkyl carbamates (subject to hydrolysis) is 1. The molecule has 0 aliphatic carbocycles. The lowest BCUT2D eigenvalue weighted by molar-refractivity contribution is -0.123. The Morgan fingerprint density at radius 1 is 0.955 bits per heavy atom. The van der Waals surface area contributed by atoms with Crippen molar-refractivity contribution in [2.45, 2.75) is 56.0 Å². The maximum Gasteiger partial charge on any atom is 0.407 e. The summed E-state index contributed by atoms with van der Waals surface area (Å²) in [5, 5.41) is 15.5. The van der Waals surface area contributed by atoms with Gasteiger partial charge >= 0.3 is 6.09 Å². The number of ether oxygens (including phenoxy) is 1. The van der Waals surface area contributed by atoms with Crippen LogP contribution in [0.4, 0.5) is 10.5 Å². The van der Waals surface area contributed by atoms with Crippen molar-refractivity contribution in [3.8, 4) is 0 Å². The number of amides is 2. The summed E-state index contributed by atoms with van der Waals surface area (Å²) in [6.45, 7) is 3.78. The molecule has 2 amide bonds. The van der Waals surface area contributed by atoms with Gasteiger partial charge in [-0.05, 0) is 54.2 Å². The van der Waals surface area contributed by atoms with Gasteiger partial charge in [-0.15, -0.1) is 0 Å². The molecule has 0 saturated carbocycles. The predicted molar refractivity (Wildman–Crippen MR) is 171 cm³/mol. The summed E-state index contributed by atoms with van der Waals surface area (Å²) in [5.74, 6) is -1.24. The second-order valence-electron chi connectivity index (χ2n) is 11.0. The third-order valence-electron chi connectivity index (χ3n) is 7.21. The smallest absolute Gasteiger partial charge is 0.407 e. The lowest BCUT2D eigenvalue weighted by Gasteiger charge is -2.31. The summed E-state index contributed by atoms with van der Waals surface area (Å²) in [7, 11) is -6.93. The highest BCUT2D eigenvalue weighted by Gasteiger charge is 2.33. The molecule has 0 radical (unpaired) electrons. The highest BCUT2D eigenvalue weighted by molar-refractivity contribution is 7.89. The van der Waals surface area contributed by atoms with Gasteiger partial charge in [0, 0.05) is 30.7 Å². The summed E-state index contributed by atoms with van der Waals surface area (Å²) < 4.78 is 54.8. The van der Waals surface area contributed by atoms with Crippen LogP contribution in [0, 0.1) is 5.92 Å². The van der Waals surface area contributed by atoms with Gasteiger partial charge in [0.25, 0.3) is 0 Å². The van der Waals surface area contributed by atoms with Gasteiger partial charge in [-0.3, -0.25) is 4.79 Å². The van der Waals surface area contributed by atoms with Crippen molar-refractivity contribution < 1.29 is 32.0 Å². The van der Waals surface area contributed by atoms with Crippen molar-refractivity contribution in [3.63, 3.8) is 0 Å². The number of sulfonamides is 1. The molecule has 3 aromatic carbocycles. The number of nitrogens with zero attached hydrogens (tertiary/aromatic N) is 1. The number of nitrogens with one attached hydrogen (secondary N) is 2. The van der Waals surface area contributed by atoms with Crippen LogP contribution in [0.5, 0.6) is 0 Å². The number of aliphatic hydroxyl groups is 1. The Labute approximate surface area is 264 Å². The highest BCUT2D eigenvalue weighted by Crippen LogP contribution is 2.29. The van der Waals surface area contributed by atoms with E-state index in [0.717, 1.165) is 0 Å². The zero-order valence-corrected chi connectivity index (χ0v) is 25.9. The van der Waals surface area contributed by atoms with Crippen molar-refractivity contribution in [1.29, 1.82) is 0 Å². The monoisotopic (exact) mass is 627 g/mol. The van der Waals surface area contributed by atoms with Gasteiger partial charge in [-0.1, -0.05) is 80.9 Å². The molecule has 0 aliphatic rings. The molecule has 238 valence electrons. The largest absolute Gasteiger partial charge is 0.453 e. The molecule has 0 aromatic heterocycles. The van der Waals surface area contributed by atoms with Crippen molar-refractivity contribution in [2.24, 2.45) is 5.92 Å². The second-order valence-corrected chi connectivity index (χ2v) is 12.9. The van der Waals surface area contributed by atoms with Gasteiger partial charge in [0.15, 0.2) is 0 Å². The second kappa shape index (κ2) is 16.8. The minimum absolute atomic E-state index is 0.00416. The number of anilines is 1. The number of hydrogen-bond acceptors (Lipinski definition) is 7. The van der Waals surface area contributed by atoms with E-state index in [2.05, 4.69) is 15.4 Å². The van der Waals surface area contributed by atoms with Gasteiger partial charge in [0.2, 0.25) is 15.9 Å². The number of nitrogens with two attached hydrogens (primary N) is 1. The third-order valence-corrected chi connectivity index (χ3v) is 9.14. The van der Waals surface area contributed by atoms with Crippen molar-refractivity contribution >= 4 is 27.7 Å². The molecule has 3 aromatic rings. The normalized spacial score (nSPS) is 14.4. The number of methoxy groups -OCH3 is 1. The molecule has 5 N–H and O–H groups in total. The Hall–Kier alpha value is -3.93. The molecule has 44 heavy (non-hydrogen) atoms. The number of carbonyl (C=O) groups is 2. The summed E-state index contributed by atoms with van der Waals surface area (Å²) >= 11 is 0. The summed E-state index contributed by atoms with van der Waals surface area (Å²) in [6, 6.07) is 22.1. The van der Waals surface area contributed by atoms with E-state index in [1.807, 2.05) is 50.2 Å². The molecule has 0 unspecified atom stereocenters. The zero-order valence-electron chi connectivity index (χ0n) is 28.1. The molecule has 0 bridgehead atoms. The molecular weight excluding hydrogens is 580 g/mol. The van der Waals surface area contributed by atoms with Gasteiger partial charge in [0.05, 0.1) is 22.7 Å². The minimum atomic E-state index is -3.92. The molecule has 0 aliphatic heterocycles. The molecule has 11 heteroatoms. The van der Waals surface area contributed by atoms with E-state index < -0.39 is 47.1 Å². The van der Waals surface area contributed by atoms with Gasteiger partial charge in [0.1, 0.15) is 6.04 Å². The lowest BCUT2D eigenvalue weighted by Crippen LogP contribution is -2.50. The SMILES string of the molecule is [2H]C([2H])([2H])OC(=O)N[C@H](C(=O)NCCCC[C@@H](CO)N(CC(C)C)S(=O)(=O)c1ccc(N)cc1)C(c1ccccc1)c1ccccc1. The molecule has 0 heterocycles. The van der Waals surface area contributed by atoms with Crippen molar-refractivity contribution in [1.82, 2.24) is 14.9 Å². The molecule has 2 atom stereocenters. The topological polar surface area (TPSA) is 151 Å². The van der Waals surface area contributed by atoms with Gasteiger partial charge < -0.3 is 26.2 Å². The zero-order chi connectivity index (χ0) is 34.6. The van der Waals surface area contributed by atoms with E-state index >= 15 is 0 Å². The fourth-order valence-corrected chi connectivity index (χ4v) is 6.90. The van der Waals surface area contributed by atoms with Crippen LogP contribution in [-0.4, -0.2) is 68.6 Å². The number of aliphatic hydroxyl groups excluding tert-OH is 1. The van der Waals surface area contributed by atoms with E-state index in [0.29, 0.717) is 36.1 Å². The van der Waals surface area contributed by atoms with Crippen LogP contribution < -0.4 is 16.4 Å². The van der Waals surface area contributed by atoms with Gasteiger partial charge in [-0.2, -0.15) is 4.31 Å². The Bertz CT molecular complexity index is 1490. The van der Waals surface area contributed by atoms with Crippen LogP contribution in [0.15, 0.2) is 89.8 Å². The molecule has 10 nitrogen and oxygen atoms in total. The minimum Gasteiger partial charge on any atom is -0.453 e. The quantitative estimate of drug-likeness (QED) is 0.138. The van der Waals surface area contributed by atoms with Crippen molar-refractivity contribution in [3.05, 3.63) is 96.1 Å². The average Bonchev–Trinajstić information content (AvgIpc) is 3.01. The third kappa shape index (κ3) is 9.54. The first-order valence-corrected chi connectivity index (χ1v) is 16.0. The highest BCUT2D eigenvalue weighted by atomic mass is 32.2. The standard InChI is InChI=1S/C33H44N4O6S/c1-24(2)22-37(44(41,42)29-19-17-27(34)18-20-29)28(23-38)16-10-11-21-35-32(39)31(36-33(40)43-3)30(25-12-6-4-7-13-25)26-14-8-5-9-15-26/h4-9,12-15,17-20,24,28,30-31,38H,10-11,16,21-23,34H2,1-3H3,(H,35,39)(H,36,40)/t28-,31-/m0/s1/i3D3. The van der Waals surface area contributed by atoms with Crippen LogP contribution in [0.2, 0.25) is 0 Å². The van der Waals surface area contributed by atoms with E-state index in [1.165, 1.54) is 28.6 Å². The fourth-order valence-electron chi connectivity index (χ4n) is 5.09. The molecule has 0 saturated heterocycles. The predicted octanol–water partition coefficient (Wildman–Crippen LogP) is 4.12. The molecule has 0 spiro atoms. The first-order chi connectivity index (χ1) is 22.2. The number of carbonyl (C=O) groups excluding carboxylic acids is 2. The maximum atomic E-state index is 13.7. The maximum absolute atomic E-state index is 13.7. The number of benzene rings is 3. The Balaban J connectivity index is 1.74. The summed E-state index contributed by atoms with van der Waals surface area (Å²) in [5.41, 5.74) is 7.61. The number of unbranched alkanes of at least 4 members (excludes halogenated alkanes) is 1. The average molecular weight is 628 g/mol. The summed E-state index contributed by atoms with van der Waals surface area (Å²) in [6.07, 6.45) is -0.0261. The first kappa shape index (κ1) is 30.1. The number of hydrogen-bond donors (Lipinski definition) is 4. The van der Waals surface area contributed by atoms with E-state index in [9.17, 15) is 23.1 Å². The van der Waals surface area contributed by atoms with Crippen LogP contribution in [0.25, 0.3) is 0 Å². The van der Waals surface area contributed by atoms with Crippen molar-refractivity contribution in [2.75, 3.05) is 32.5 Å². The Kier molecular flexibility index (Phi) is 11.5. The van der Waals surface area contributed by atoms with Gasteiger partial charge in [-0.25, -0.2) is 13.2 Å². The molecule has 3 rings (SSSR count). The molecular formula is C33H44N4O6S. The van der Waals surface area contributed by atoms with Crippen LogP contribution in [-0.2, 0) is 19.6 Å². The van der Waals surface area contributed by atoms with Crippen LogP contribution in [0.1, 0.15) is 54.3 Å². The number of nitrogen functional groups attached to an aromatic ring is 1. The molecule has 0 fully saturated rings.